The zero-order valence-electron chi connectivity index (χ0n) is 15.3. The van der Waals surface area contributed by atoms with Gasteiger partial charge >= 0.3 is 12.4 Å². The Hall–Kier alpha value is -3.51. The van der Waals surface area contributed by atoms with E-state index in [4.69, 9.17) is 15.2 Å². The molecule has 3 rings (SSSR count). The van der Waals surface area contributed by atoms with Gasteiger partial charge in [-0.2, -0.15) is 36.1 Å². The van der Waals surface area contributed by atoms with Gasteiger partial charge in [0.05, 0.1) is 25.3 Å². The van der Waals surface area contributed by atoms with Crippen LogP contribution in [-0.4, -0.2) is 34.0 Å². The number of rotatable bonds is 4. The molecule has 1 aromatic carbocycles. The second-order valence-electron chi connectivity index (χ2n) is 5.86. The lowest BCUT2D eigenvalue weighted by Gasteiger charge is -2.13. The third-order valence-electron chi connectivity index (χ3n) is 3.99. The van der Waals surface area contributed by atoms with Gasteiger partial charge in [0.25, 0.3) is 5.88 Å². The van der Waals surface area contributed by atoms with Gasteiger partial charge in [-0.3, -0.25) is 0 Å². The largest absolute Gasteiger partial charge is 0.497 e. The molecular formula is C17H13F6N5O2. The second kappa shape index (κ2) is 7.39. The summed E-state index contributed by atoms with van der Waals surface area (Å²) in [7, 11) is 2.29. The van der Waals surface area contributed by atoms with Crippen molar-refractivity contribution in [1.29, 1.82) is 0 Å². The first kappa shape index (κ1) is 21.2. The molecule has 7 nitrogen and oxygen atoms in total. The fraction of sp³-hybridized carbons (Fsp3) is 0.235. The lowest BCUT2D eigenvalue weighted by molar-refractivity contribution is -0.140. The molecule has 2 N–H and O–H groups in total. The summed E-state index contributed by atoms with van der Waals surface area (Å²) in [5.74, 6) is -1.37. The lowest BCUT2D eigenvalue weighted by atomic mass is 10.0. The molecule has 30 heavy (non-hydrogen) atoms. The van der Waals surface area contributed by atoms with Crippen molar-refractivity contribution in [2.24, 2.45) is 0 Å². The highest BCUT2D eigenvalue weighted by atomic mass is 19.4. The minimum atomic E-state index is -5.04. The van der Waals surface area contributed by atoms with Crippen LogP contribution in [0.1, 0.15) is 11.3 Å². The molecule has 2 aromatic heterocycles. The summed E-state index contributed by atoms with van der Waals surface area (Å²) in [5.41, 5.74) is 1.93. The topological polar surface area (TPSA) is 88.1 Å². The average Bonchev–Trinajstić information content (AvgIpc) is 3.04. The number of nitrogen functional groups attached to an aromatic ring is 1. The van der Waals surface area contributed by atoms with Crippen LogP contribution < -0.4 is 15.2 Å². The Balaban J connectivity index is 2.34. The summed E-state index contributed by atoms with van der Waals surface area (Å²) in [4.78, 5) is 7.67. The number of alkyl halides is 6. The van der Waals surface area contributed by atoms with Crippen LogP contribution >= 0.6 is 0 Å². The highest BCUT2D eigenvalue weighted by Crippen LogP contribution is 2.43. The molecule has 0 bridgehead atoms. The summed E-state index contributed by atoms with van der Waals surface area (Å²) in [6.07, 6.45) is -7.48. The van der Waals surface area contributed by atoms with E-state index in [1.165, 1.54) is 19.5 Å². The van der Waals surface area contributed by atoms with Crippen LogP contribution in [0.3, 0.4) is 0 Å². The standard InChI is InChI=1S/C17H13F6N5O2/c1-29-10-6-8(5-9(7-10)16(18,19)20)11-12(17(21,22)23)27-28(13(11)24)14-15(30-2)26-4-3-25-14/h3-7H,24H2,1-2H3. The zero-order chi connectivity index (χ0) is 22.3. The highest BCUT2D eigenvalue weighted by Gasteiger charge is 2.41. The molecule has 13 heteroatoms. The van der Waals surface area contributed by atoms with Crippen molar-refractivity contribution in [3.05, 3.63) is 41.9 Å². The first-order valence-corrected chi connectivity index (χ1v) is 8.05. The van der Waals surface area contributed by atoms with Gasteiger partial charge in [0, 0.05) is 12.4 Å². The van der Waals surface area contributed by atoms with Crippen molar-refractivity contribution in [3.8, 4) is 28.6 Å². The Morgan fingerprint density at radius 3 is 2.13 bits per heavy atom. The minimum Gasteiger partial charge on any atom is -0.497 e. The van der Waals surface area contributed by atoms with Crippen LogP contribution in [0.2, 0.25) is 0 Å². The Morgan fingerprint density at radius 2 is 1.57 bits per heavy atom. The van der Waals surface area contributed by atoms with Gasteiger partial charge in [-0.1, -0.05) is 0 Å². The molecule has 2 heterocycles. The van der Waals surface area contributed by atoms with Gasteiger partial charge in [-0.15, -0.1) is 0 Å². The van der Waals surface area contributed by atoms with E-state index in [0.29, 0.717) is 16.8 Å². The maximum Gasteiger partial charge on any atom is 0.435 e. The van der Waals surface area contributed by atoms with Crippen molar-refractivity contribution in [2.75, 3.05) is 20.0 Å². The molecule has 0 saturated carbocycles. The fourth-order valence-corrected chi connectivity index (χ4v) is 2.71. The normalized spacial score (nSPS) is 12.1. The van der Waals surface area contributed by atoms with Crippen LogP contribution in [-0.2, 0) is 12.4 Å². The monoisotopic (exact) mass is 433 g/mol. The maximum atomic E-state index is 13.7. The molecule has 0 saturated heterocycles. The fourth-order valence-electron chi connectivity index (χ4n) is 2.71. The second-order valence-corrected chi connectivity index (χ2v) is 5.86. The highest BCUT2D eigenvalue weighted by molar-refractivity contribution is 5.79. The van der Waals surface area contributed by atoms with E-state index in [1.807, 2.05) is 0 Å². The summed E-state index contributed by atoms with van der Waals surface area (Å²) in [6, 6.07) is 2.18. The first-order valence-electron chi connectivity index (χ1n) is 8.05. The maximum absolute atomic E-state index is 13.7. The van der Waals surface area contributed by atoms with Gasteiger partial charge in [0.15, 0.2) is 5.69 Å². The number of hydrogen-bond donors (Lipinski definition) is 1. The smallest absolute Gasteiger partial charge is 0.435 e. The molecular weight excluding hydrogens is 420 g/mol. The third kappa shape index (κ3) is 3.82. The molecule has 0 unspecified atom stereocenters. The molecule has 3 aromatic rings. The molecule has 0 atom stereocenters. The first-order chi connectivity index (χ1) is 14.0. The number of aromatic nitrogens is 4. The van der Waals surface area contributed by atoms with Crippen LogP contribution in [0.5, 0.6) is 11.6 Å². The Labute approximate surface area is 165 Å². The van der Waals surface area contributed by atoms with Crippen molar-refractivity contribution in [3.63, 3.8) is 0 Å². The number of anilines is 1. The van der Waals surface area contributed by atoms with E-state index in [2.05, 4.69) is 15.1 Å². The number of ether oxygens (including phenoxy) is 2. The summed E-state index contributed by atoms with van der Waals surface area (Å²) < 4.78 is 91.2. The predicted octanol–water partition coefficient (Wildman–Crippen LogP) is 3.97. The van der Waals surface area contributed by atoms with Crippen molar-refractivity contribution < 1.29 is 35.8 Å². The van der Waals surface area contributed by atoms with E-state index in [1.54, 1.807) is 0 Å². The van der Waals surface area contributed by atoms with E-state index in [-0.39, 0.29) is 17.4 Å². The molecule has 0 aliphatic rings. The number of halogens is 6. The third-order valence-corrected chi connectivity index (χ3v) is 3.99. The molecule has 0 aliphatic heterocycles. The molecule has 0 amide bonds. The molecule has 0 fully saturated rings. The van der Waals surface area contributed by atoms with Gasteiger partial charge < -0.3 is 15.2 Å². The van der Waals surface area contributed by atoms with E-state index in [9.17, 15) is 26.3 Å². The van der Waals surface area contributed by atoms with E-state index in [0.717, 1.165) is 13.2 Å². The quantitative estimate of drug-likeness (QED) is 0.627. The number of benzene rings is 1. The number of nitrogens with zero attached hydrogens (tertiary/aromatic N) is 4. The summed E-state index contributed by atoms with van der Waals surface area (Å²) in [5, 5.41) is 3.45. The minimum absolute atomic E-state index is 0.186. The van der Waals surface area contributed by atoms with Crippen molar-refractivity contribution >= 4 is 5.82 Å². The Bertz CT molecular complexity index is 1080. The Kier molecular flexibility index (Phi) is 5.22. The Morgan fingerprint density at radius 1 is 0.900 bits per heavy atom. The molecule has 0 aliphatic carbocycles. The molecule has 160 valence electrons. The van der Waals surface area contributed by atoms with Crippen LogP contribution in [0.25, 0.3) is 16.9 Å². The number of nitrogens with two attached hydrogens (primary N) is 1. The lowest BCUT2D eigenvalue weighted by Crippen LogP contribution is -2.10. The summed E-state index contributed by atoms with van der Waals surface area (Å²) in [6.45, 7) is 0. The van der Waals surface area contributed by atoms with Gasteiger partial charge in [-0.05, 0) is 23.8 Å². The van der Waals surface area contributed by atoms with Crippen molar-refractivity contribution in [1.82, 2.24) is 19.7 Å². The number of hydrogen-bond acceptors (Lipinski definition) is 6. The van der Waals surface area contributed by atoms with Crippen LogP contribution in [0, 0.1) is 0 Å². The SMILES string of the molecule is COc1cc(-c2c(C(F)(F)F)nn(-c3nccnc3OC)c2N)cc(C(F)(F)F)c1. The summed E-state index contributed by atoms with van der Waals surface area (Å²) >= 11 is 0. The van der Waals surface area contributed by atoms with Gasteiger partial charge in [-0.25, -0.2) is 9.97 Å². The zero-order valence-corrected chi connectivity index (χ0v) is 15.3. The van der Waals surface area contributed by atoms with Crippen molar-refractivity contribution in [2.45, 2.75) is 12.4 Å². The van der Waals surface area contributed by atoms with Crippen LogP contribution in [0.4, 0.5) is 32.2 Å². The number of methoxy groups -OCH3 is 2. The van der Waals surface area contributed by atoms with Crippen LogP contribution in [0.15, 0.2) is 30.6 Å². The van der Waals surface area contributed by atoms with E-state index >= 15 is 0 Å². The van der Waals surface area contributed by atoms with Gasteiger partial charge in [0.1, 0.15) is 11.6 Å². The molecule has 0 radical (unpaired) electrons. The van der Waals surface area contributed by atoms with E-state index < -0.39 is 40.6 Å². The molecule has 0 spiro atoms. The predicted molar refractivity (Wildman–Crippen MR) is 92.1 cm³/mol. The average molecular weight is 433 g/mol. The van der Waals surface area contributed by atoms with Gasteiger partial charge in [0.2, 0.25) is 5.82 Å².